The summed E-state index contributed by atoms with van der Waals surface area (Å²) in [5, 5.41) is 3.19. The Morgan fingerprint density at radius 1 is 1.00 bits per heavy atom. The number of hydrogen-bond donors (Lipinski definition) is 1. The van der Waals surface area contributed by atoms with E-state index in [2.05, 4.69) is 41.5 Å². The molecule has 106 valence electrons. The van der Waals surface area contributed by atoms with Crippen LogP contribution in [0.3, 0.4) is 0 Å². The van der Waals surface area contributed by atoms with Crippen LogP contribution in [0.5, 0.6) is 0 Å². The molecule has 0 aromatic heterocycles. The maximum Gasteiger partial charge on any atom is 0.0233 e. The van der Waals surface area contributed by atoms with Crippen molar-refractivity contribution in [3.8, 4) is 0 Å². The standard InChI is InChI=1S/C17H28N2/c1-18-13-15-9-11-16(12-10-15)14-19(2)17-7-5-3-4-6-8-17/h9-12,17-18H,3-8,13-14H2,1-2H3. The van der Waals surface area contributed by atoms with Crippen LogP contribution in [0.1, 0.15) is 49.7 Å². The summed E-state index contributed by atoms with van der Waals surface area (Å²) in [6, 6.07) is 9.83. The molecule has 1 aliphatic carbocycles. The molecule has 0 radical (unpaired) electrons. The summed E-state index contributed by atoms with van der Waals surface area (Å²) in [5.41, 5.74) is 2.80. The lowest BCUT2D eigenvalue weighted by molar-refractivity contribution is 0.213. The Hall–Kier alpha value is -0.860. The van der Waals surface area contributed by atoms with E-state index in [1.807, 2.05) is 7.05 Å². The van der Waals surface area contributed by atoms with E-state index in [9.17, 15) is 0 Å². The first-order valence-electron chi connectivity index (χ1n) is 7.72. The van der Waals surface area contributed by atoms with Crippen molar-refractivity contribution in [2.45, 2.75) is 57.7 Å². The molecule has 2 rings (SSSR count). The van der Waals surface area contributed by atoms with Crippen molar-refractivity contribution in [1.82, 2.24) is 10.2 Å². The van der Waals surface area contributed by atoms with Crippen molar-refractivity contribution < 1.29 is 0 Å². The number of nitrogens with zero attached hydrogens (tertiary/aromatic N) is 1. The molecule has 0 bridgehead atoms. The van der Waals surface area contributed by atoms with E-state index >= 15 is 0 Å². The van der Waals surface area contributed by atoms with E-state index in [0.717, 1.165) is 19.1 Å². The number of benzene rings is 1. The van der Waals surface area contributed by atoms with Gasteiger partial charge >= 0.3 is 0 Å². The molecule has 2 nitrogen and oxygen atoms in total. The van der Waals surface area contributed by atoms with E-state index in [-0.39, 0.29) is 0 Å². The molecule has 19 heavy (non-hydrogen) atoms. The Bertz CT molecular complexity index is 350. The first kappa shape index (κ1) is 14.5. The van der Waals surface area contributed by atoms with Gasteiger partial charge in [-0.15, -0.1) is 0 Å². The highest BCUT2D eigenvalue weighted by molar-refractivity contribution is 5.22. The molecular formula is C17H28N2. The van der Waals surface area contributed by atoms with Gasteiger partial charge in [-0.25, -0.2) is 0 Å². The largest absolute Gasteiger partial charge is 0.316 e. The Labute approximate surface area is 118 Å². The zero-order valence-corrected chi connectivity index (χ0v) is 12.5. The number of rotatable bonds is 5. The zero-order valence-electron chi connectivity index (χ0n) is 12.5. The second-order valence-corrected chi connectivity index (χ2v) is 5.91. The van der Waals surface area contributed by atoms with Gasteiger partial charge in [0.25, 0.3) is 0 Å². The molecule has 0 aliphatic heterocycles. The topological polar surface area (TPSA) is 15.3 Å². The van der Waals surface area contributed by atoms with Gasteiger partial charge in [0.15, 0.2) is 0 Å². The Kier molecular flexibility index (Phi) is 5.87. The minimum Gasteiger partial charge on any atom is -0.316 e. The predicted molar refractivity (Wildman–Crippen MR) is 82.2 cm³/mol. The van der Waals surface area contributed by atoms with Gasteiger partial charge in [-0.05, 0) is 38.1 Å². The lowest BCUT2D eigenvalue weighted by Gasteiger charge is -2.27. The molecule has 1 aliphatic rings. The smallest absolute Gasteiger partial charge is 0.0233 e. The minimum atomic E-state index is 0.791. The highest BCUT2D eigenvalue weighted by atomic mass is 15.1. The number of nitrogens with one attached hydrogen (secondary N) is 1. The van der Waals surface area contributed by atoms with E-state index in [4.69, 9.17) is 0 Å². The van der Waals surface area contributed by atoms with E-state index in [1.165, 1.54) is 49.7 Å². The SMILES string of the molecule is CNCc1ccc(CN(C)C2CCCCCC2)cc1. The van der Waals surface area contributed by atoms with Crippen LogP contribution in [-0.2, 0) is 13.1 Å². The third-order valence-electron chi connectivity index (χ3n) is 4.28. The summed E-state index contributed by atoms with van der Waals surface area (Å²) in [4.78, 5) is 2.55. The van der Waals surface area contributed by atoms with Crippen LogP contribution in [0.15, 0.2) is 24.3 Å². The van der Waals surface area contributed by atoms with Crippen LogP contribution in [0.4, 0.5) is 0 Å². The summed E-state index contributed by atoms with van der Waals surface area (Å²) in [7, 11) is 4.28. The van der Waals surface area contributed by atoms with Crippen molar-refractivity contribution in [3.63, 3.8) is 0 Å². The van der Waals surface area contributed by atoms with Gasteiger partial charge in [-0.1, -0.05) is 49.9 Å². The van der Waals surface area contributed by atoms with Gasteiger partial charge in [-0.3, -0.25) is 4.90 Å². The van der Waals surface area contributed by atoms with Gasteiger partial charge in [0.05, 0.1) is 0 Å². The molecule has 0 spiro atoms. The second-order valence-electron chi connectivity index (χ2n) is 5.91. The van der Waals surface area contributed by atoms with Crippen LogP contribution in [0.25, 0.3) is 0 Å². The van der Waals surface area contributed by atoms with Gasteiger partial charge in [0.1, 0.15) is 0 Å². The van der Waals surface area contributed by atoms with E-state index in [1.54, 1.807) is 0 Å². The molecule has 1 saturated carbocycles. The molecule has 1 fully saturated rings. The first-order valence-corrected chi connectivity index (χ1v) is 7.72. The summed E-state index contributed by atoms with van der Waals surface area (Å²) >= 11 is 0. The highest BCUT2D eigenvalue weighted by Crippen LogP contribution is 2.22. The van der Waals surface area contributed by atoms with Crippen molar-refractivity contribution in [2.75, 3.05) is 14.1 Å². The Morgan fingerprint density at radius 3 is 2.16 bits per heavy atom. The molecule has 0 saturated heterocycles. The fraction of sp³-hybridized carbons (Fsp3) is 0.647. The quantitative estimate of drug-likeness (QED) is 0.814. The van der Waals surface area contributed by atoms with Crippen molar-refractivity contribution >= 4 is 0 Å². The van der Waals surface area contributed by atoms with Crippen molar-refractivity contribution in [3.05, 3.63) is 35.4 Å². The average molecular weight is 260 g/mol. The van der Waals surface area contributed by atoms with Crippen LogP contribution < -0.4 is 5.32 Å². The lowest BCUT2D eigenvalue weighted by Crippen LogP contribution is -2.30. The fourth-order valence-corrected chi connectivity index (χ4v) is 3.08. The first-order chi connectivity index (χ1) is 9.29. The van der Waals surface area contributed by atoms with Crippen LogP contribution in [0, 0.1) is 0 Å². The van der Waals surface area contributed by atoms with Gasteiger partial charge < -0.3 is 5.32 Å². The van der Waals surface area contributed by atoms with Gasteiger partial charge in [0, 0.05) is 19.1 Å². The third-order valence-corrected chi connectivity index (χ3v) is 4.28. The van der Waals surface area contributed by atoms with E-state index < -0.39 is 0 Å². The van der Waals surface area contributed by atoms with Crippen molar-refractivity contribution in [2.24, 2.45) is 0 Å². The summed E-state index contributed by atoms with van der Waals surface area (Å²) in [6.45, 7) is 2.04. The molecule has 0 atom stereocenters. The maximum absolute atomic E-state index is 3.19. The predicted octanol–water partition coefficient (Wildman–Crippen LogP) is 3.56. The molecule has 1 N–H and O–H groups in total. The van der Waals surface area contributed by atoms with Crippen LogP contribution in [-0.4, -0.2) is 25.0 Å². The molecule has 0 amide bonds. The van der Waals surface area contributed by atoms with E-state index in [0.29, 0.717) is 0 Å². The molecule has 0 heterocycles. The van der Waals surface area contributed by atoms with Crippen molar-refractivity contribution in [1.29, 1.82) is 0 Å². The average Bonchev–Trinajstić information content (AvgIpc) is 2.70. The number of hydrogen-bond acceptors (Lipinski definition) is 2. The Morgan fingerprint density at radius 2 is 1.58 bits per heavy atom. The maximum atomic E-state index is 3.19. The summed E-state index contributed by atoms with van der Waals surface area (Å²) < 4.78 is 0. The Balaban J connectivity index is 1.88. The van der Waals surface area contributed by atoms with Crippen LogP contribution in [0.2, 0.25) is 0 Å². The third kappa shape index (κ3) is 4.63. The van der Waals surface area contributed by atoms with Gasteiger partial charge in [0.2, 0.25) is 0 Å². The summed E-state index contributed by atoms with van der Waals surface area (Å²) in [6.07, 6.45) is 8.46. The summed E-state index contributed by atoms with van der Waals surface area (Å²) in [5.74, 6) is 0. The molecular weight excluding hydrogens is 232 g/mol. The molecule has 2 heteroatoms. The minimum absolute atomic E-state index is 0.791. The molecule has 1 aromatic rings. The highest BCUT2D eigenvalue weighted by Gasteiger charge is 2.16. The molecule has 0 unspecified atom stereocenters. The fourth-order valence-electron chi connectivity index (χ4n) is 3.08. The molecule has 1 aromatic carbocycles. The van der Waals surface area contributed by atoms with Gasteiger partial charge in [-0.2, -0.15) is 0 Å². The van der Waals surface area contributed by atoms with Crippen LogP contribution >= 0.6 is 0 Å². The lowest BCUT2D eigenvalue weighted by atomic mass is 10.1. The second kappa shape index (κ2) is 7.66. The monoisotopic (exact) mass is 260 g/mol. The normalized spacial score (nSPS) is 17.6. The zero-order chi connectivity index (χ0) is 13.5.